The standard InChI is InChI=1S/C16H19FN6O2.ClH/c1-22(2)14(24)9-23-8-13(20-21-23)16(25)19-12-4-3-10-7-18-6-5-11(10)15(12)17;/h3-4,8,18H,5-7,9H2,1-2H3,(H,19,25);1H. The number of fused-ring (bicyclic) bond motifs is 1. The number of aromatic nitrogens is 3. The Hall–Kier alpha value is -2.52. The molecule has 10 heteroatoms. The number of rotatable bonds is 4. The summed E-state index contributed by atoms with van der Waals surface area (Å²) in [6.45, 7) is 1.30. The van der Waals surface area contributed by atoms with E-state index in [1.54, 1.807) is 26.2 Å². The zero-order chi connectivity index (χ0) is 18.0. The van der Waals surface area contributed by atoms with E-state index < -0.39 is 11.7 Å². The summed E-state index contributed by atoms with van der Waals surface area (Å²) in [7, 11) is 3.25. The lowest BCUT2D eigenvalue weighted by atomic mass is 9.99. The summed E-state index contributed by atoms with van der Waals surface area (Å²) in [5, 5.41) is 13.2. The van der Waals surface area contributed by atoms with Crippen molar-refractivity contribution >= 4 is 29.9 Å². The van der Waals surface area contributed by atoms with Gasteiger partial charge in [0.2, 0.25) is 5.91 Å². The molecular formula is C16H20ClFN6O2. The second kappa shape index (κ2) is 8.24. The van der Waals surface area contributed by atoms with Crippen molar-refractivity contribution in [3.63, 3.8) is 0 Å². The third kappa shape index (κ3) is 4.17. The topological polar surface area (TPSA) is 92.2 Å². The summed E-state index contributed by atoms with van der Waals surface area (Å²) < 4.78 is 15.8. The van der Waals surface area contributed by atoms with Crippen LogP contribution in [0.25, 0.3) is 0 Å². The van der Waals surface area contributed by atoms with Crippen LogP contribution >= 0.6 is 12.4 Å². The fourth-order valence-electron chi connectivity index (χ4n) is 2.58. The van der Waals surface area contributed by atoms with Gasteiger partial charge in [-0.3, -0.25) is 9.59 Å². The average Bonchev–Trinajstić information content (AvgIpc) is 3.06. The highest BCUT2D eigenvalue weighted by Gasteiger charge is 2.19. The van der Waals surface area contributed by atoms with Gasteiger partial charge < -0.3 is 15.5 Å². The summed E-state index contributed by atoms with van der Waals surface area (Å²) in [5.41, 5.74) is 1.65. The highest BCUT2D eigenvalue weighted by Crippen LogP contribution is 2.24. The normalized spacial score (nSPS) is 12.7. The van der Waals surface area contributed by atoms with Crippen molar-refractivity contribution in [2.24, 2.45) is 0 Å². The van der Waals surface area contributed by atoms with Crippen LogP contribution < -0.4 is 10.6 Å². The number of benzene rings is 1. The number of nitrogens with one attached hydrogen (secondary N) is 2. The number of amides is 2. The van der Waals surface area contributed by atoms with Gasteiger partial charge >= 0.3 is 0 Å². The fraction of sp³-hybridized carbons (Fsp3) is 0.375. The van der Waals surface area contributed by atoms with Gasteiger partial charge in [0.15, 0.2) is 5.69 Å². The Morgan fingerprint density at radius 3 is 2.88 bits per heavy atom. The summed E-state index contributed by atoms with van der Waals surface area (Å²) in [4.78, 5) is 25.3. The van der Waals surface area contributed by atoms with Gasteiger partial charge in [-0.15, -0.1) is 17.5 Å². The van der Waals surface area contributed by atoms with Gasteiger partial charge in [0.25, 0.3) is 5.91 Å². The van der Waals surface area contributed by atoms with Crippen molar-refractivity contribution in [1.29, 1.82) is 0 Å². The zero-order valence-electron chi connectivity index (χ0n) is 14.5. The van der Waals surface area contributed by atoms with E-state index in [9.17, 15) is 14.0 Å². The minimum atomic E-state index is -0.573. The Kier molecular flexibility index (Phi) is 6.27. The molecule has 2 amide bonds. The lowest BCUT2D eigenvalue weighted by molar-refractivity contribution is -0.129. The number of likely N-dealkylation sites (N-methyl/N-ethyl adjacent to an activating group) is 1. The number of carbonyl (C=O) groups is 2. The maximum Gasteiger partial charge on any atom is 0.277 e. The number of hydrogen-bond donors (Lipinski definition) is 2. The molecule has 0 bridgehead atoms. The molecule has 26 heavy (non-hydrogen) atoms. The molecule has 1 aromatic carbocycles. The molecule has 140 valence electrons. The smallest absolute Gasteiger partial charge is 0.277 e. The van der Waals surface area contributed by atoms with Crippen molar-refractivity contribution in [2.45, 2.75) is 19.5 Å². The Morgan fingerprint density at radius 1 is 1.38 bits per heavy atom. The number of anilines is 1. The van der Waals surface area contributed by atoms with Crippen molar-refractivity contribution in [3.05, 3.63) is 41.0 Å². The van der Waals surface area contributed by atoms with Gasteiger partial charge in [-0.2, -0.15) is 0 Å². The molecule has 0 saturated carbocycles. The van der Waals surface area contributed by atoms with E-state index in [0.29, 0.717) is 25.1 Å². The van der Waals surface area contributed by atoms with Gasteiger partial charge in [0.1, 0.15) is 12.4 Å². The van der Waals surface area contributed by atoms with Crippen LogP contribution in [0, 0.1) is 5.82 Å². The third-order valence-electron chi connectivity index (χ3n) is 4.02. The van der Waals surface area contributed by atoms with E-state index in [0.717, 1.165) is 5.56 Å². The van der Waals surface area contributed by atoms with Crippen LogP contribution in [0.15, 0.2) is 18.3 Å². The first-order valence-electron chi connectivity index (χ1n) is 7.88. The van der Waals surface area contributed by atoms with Crippen LogP contribution in [-0.4, -0.2) is 52.3 Å². The summed E-state index contributed by atoms with van der Waals surface area (Å²) in [6, 6.07) is 3.34. The minimum absolute atomic E-state index is 0. The van der Waals surface area contributed by atoms with Crippen LogP contribution in [0.1, 0.15) is 21.6 Å². The minimum Gasteiger partial charge on any atom is -0.347 e. The molecule has 0 aliphatic carbocycles. The van der Waals surface area contributed by atoms with E-state index in [1.807, 2.05) is 0 Å². The predicted molar refractivity (Wildman–Crippen MR) is 95.7 cm³/mol. The molecule has 2 N–H and O–H groups in total. The lowest BCUT2D eigenvalue weighted by Gasteiger charge is -2.19. The lowest BCUT2D eigenvalue weighted by Crippen LogP contribution is -2.26. The van der Waals surface area contributed by atoms with E-state index in [2.05, 4.69) is 20.9 Å². The molecule has 0 spiro atoms. The van der Waals surface area contributed by atoms with Gasteiger partial charge in [-0.05, 0) is 30.2 Å². The monoisotopic (exact) mass is 382 g/mol. The van der Waals surface area contributed by atoms with E-state index in [4.69, 9.17) is 0 Å². The Labute approximate surface area is 156 Å². The highest BCUT2D eigenvalue weighted by molar-refractivity contribution is 6.02. The maximum absolute atomic E-state index is 14.6. The molecule has 1 aliphatic heterocycles. The first-order valence-corrected chi connectivity index (χ1v) is 7.88. The van der Waals surface area contributed by atoms with Crippen LogP contribution in [0.5, 0.6) is 0 Å². The van der Waals surface area contributed by atoms with E-state index in [1.165, 1.54) is 15.8 Å². The molecule has 0 saturated heterocycles. The summed E-state index contributed by atoms with van der Waals surface area (Å²) in [5.74, 6) is -1.16. The first-order chi connectivity index (χ1) is 12.0. The first kappa shape index (κ1) is 19.8. The van der Waals surface area contributed by atoms with Gasteiger partial charge in [-0.25, -0.2) is 9.07 Å². The molecule has 0 fully saturated rings. The van der Waals surface area contributed by atoms with Crippen LogP contribution in [0.3, 0.4) is 0 Å². The van der Waals surface area contributed by atoms with Crippen LogP contribution in [0.4, 0.5) is 10.1 Å². The number of nitrogens with zero attached hydrogens (tertiary/aromatic N) is 4. The van der Waals surface area contributed by atoms with Crippen molar-refractivity contribution < 1.29 is 14.0 Å². The second-order valence-corrected chi connectivity index (χ2v) is 6.04. The highest BCUT2D eigenvalue weighted by atomic mass is 35.5. The SMILES string of the molecule is CN(C)C(=O)Cn1cc(C(=O)Nc2ccc3c(c2F)CCNC3)nn1.Cl. The number of halogens is 2. The predicted octanol–water partition coefficient (Wildman–Crippen LogP) is 0.825. The second-order valence-electron chi connectivity index (χ2n) is 6.04. The van der Waals surface area contributed by atoms with Gasteiger partial charge in [-0.1, -0.05) is 11.3 Å². The summed E-state index contributed by atoms with van der Waals surface area (Å²) >= 11 is 0. The van der Waals surface area contributed by atoms with Crippen LogP contribution in [0.2, 0.25) is 0 Å². The Bertz CT molecular complexity index is 823. The molecule has 8 nitrogen and oxygen atoms in total. The molecule has 2 aromatic rings. The molecule has 3 rings (SSSR count). The molecule has 1 aliphatic rings. The quantitative estimate of drug-likeness (QED) is 0.817. The van der Waals surface area contributed by atoms with E-state index in [-0.39, 0.29) is 36.2 Å². The maximum atomic E-state index is 14.6. The molecular weight excluding hydrogens is 363 g/mol. The molecule has 2 heterocycles. The van der Waals surface area contributed by atoms with Crippen molar-refractivity contribution in [3.8, 4) is 0 Å². The van der Waals surface area contributed by atoms with Crippen molar-refractivity contribution in [1.82, 2.24) is 25.2 Å². The van der Waals surface area contributed by atoms with E-state index >= 15 is 0 Å². The van der Waals surface area contributed by atoms with Gasteiger partial charge in [0, 0.05) is 20.6 Å². The number of hydrogen-bond acceptors (Lipinski definition) is 5. The fourth-order valence-corrected chi connectivity index (χ4v) is 2.58. The third-order valence-corrected chi connectivity index (χ3v) is 4.02. The van der Waals surface area contributed by atoms with Crippen molar-refractivity contribution in [2.75, 3.05) is 26.0 Å². The van der Waals surface area contributed by atoms with Gasteiger partial charge in [0.05, 0.1) is 11.9 Å². The Balaban J connectivity index is 0.00000243. The molecule has 0 atom stereocenters. The zero-order valence-corrected chi connectivity index (χ0v) is 15.3. The molecule has 0 radical (unpaired) electrons. The Morgan fingerprint density at radius 2 is 2.15 bits per heavy atom. The number of carbonyl (C=O) groups excluding carboxylic acids is 2. The summed E-state index contributed by atoms with van der Waals surface area (Å²) in [6.07, 6.45) is 1.94. The average molecular weight is 383 g/mol. The largest absolute Gasteiger partial charge is 0.347 e. The molecule has 0 unspecified atom stereocenters. The molecule has 1 aromatic heterocycles. The van der Waals surface area contributed by atoms with Crippen LogP contribution in [-0.2, 0) is 24.3 Å².